The summed E-state index contributed by atoms with van der Waals surface area (Å²) >= 11 is 0. The van der Waals surface area contributed by atoms with Gasteiger partial charge in [0.15, 0.2) is 0 Å². The number of rotatable bonds is 2. The van der Waals surface area contributed by atoms with Crippen LogP contribution in [0.2, 0.25) is 0 Å². The third-order valence-corrected chi connectivity index (χ3v) is 2.78. The summed E-state index contributed by atoms with van der Waals surface area (Å²) in [7, 11) is 0. The van der Waals surface area contributed by atoms with E-state index < -0.39 is 0 Å². The van der Waals surface area contributed by atoms with Crippen molar-refractivity contribution in [2.45, 2.75) is 19.8 Å². The molecule has 1 atom stereocenters. The first kappa shape index (κ1) is 9.26. The Morgan fingerprint density at radius 3 is 2.71 bits per heavy atom. The fraction of sp³-hybridized carbons (Fsp3) is 0.286. The van der Waals surface area contributed by atoms with Crippen molar-refractivity contribution in [3.63, 3.8) is 0 Å². The Labute approximate surface area is 86.0 Å². The van der Waals surface area contributed by atoms with Gasteiger partial charge in [-0.2, -0.15) is 0 Å². The van der Waals surface area contributed by atoms with Gasteiger partial charge in [-0.25, -0.2) is 0 Å². The smallest absolute Gasteiger partial charge is 0.00481 e. The molecule has 0 saturated heterocycles. The van der Waals surface area contributed by atoms with Gasteiger partial charge in [-0.1, -0.05) is 61.1 Å². The summed E-state index contributed by atoms with van der Waals surface area (Å²) in [5, 5.41) is 0. The first-order valence-corrected chi connectivity index (χ1v) is 5.26. The van der Waals surface area contributed by atoms with Crippen molar-refractivity contribution in [1.82, 2.24) is 0 Å². The van der Waals surface area contributed by atoms with Crippen LogP contribution in [0.3, 0.4) is 0 Å². The lowest BCUT2D eigenvalue weighted by Crippen LogP contribution is -2.02. The molecule has 0 spiro atoms. The van der Waals surface area contributed by atoms with Gasteiger partial charge < -0.3 is 0 Å². The van der Waals surface area contributed by atoms with Crippen LogP contribution in [0, 0.1) is 5.92 Å². The van der Waals surface area contributed by atoms with Crippen LogP contribution >= 0.6 is 0 Å². The molecule has 0 saturated carbocycles. The van der Waals surface area contributed by atoms with Crippen molar-refractivity contribution in [2.24, 2.45) is 5.92 Å². The summed E-state index contributed by atoms with van der Waals surface area (Å²) in [4.78, 5) is 0. The molecule has 2 rings (SSSR count). The van der Waals surface area contributed by atoms with Crippen LogP contribution in [0.25, 0.3) is 0 Å². The van der Waals surface area contributed by atoms with E-state index in [0.717, 1.165) is 12.8 Å². The number of hydrogen-bond acceptors (Lipinski definition) is 0. The van der Waals surface area contributed by atoms with Gasteiger partial charge in [0.1, 0.15) is 0 Å². The SMILES string of the molecule is CC1C=CCC=C1Cc1ccccc1. The highest BCUT2D eigenvalue weighted by Crippen LogP contribution is 2.21. The third-order valence-electron chi connectivity index (χ3n) is 2.78. The maximum atomic E-state index is 2.36. The summed E-state index contributed by atoms with van der Waals surface area (Å²) in [5.41, 5.74) is 2.97. The Kier molecular flexibility index (Phi) is 2.83. The lowest BCUT2D eigenvalue weighted by molar-refractivity contribution is 0.797. The van der Waals surface area contributed by atoms with Gasteiger partial charge in [0.2, 0.25) is 0 Å². The molecule has 1 aliphatic rings. The zero-order valence-electron chi connectivity index (χ0n) is 8.61. The molecule has 0 aromatic heterocycles. The summed E-state index contributed by atoms with van der Waals surface area (Å²) in [6, 6.07) is 10.7. The molecule has 72 valence electrons. The highest BCUT2D eigenvalue weighted by molar-refractivity contribution is 5.27. The first-order valence-electron chi connectivity index (χ1n) is 5.26. The molecule has 0 heteroatoms. The second-order valence-corrected chi connectivity index (χ2v) is 3.89. The van der Waals surface area contributed by atoms with E-state index >= 15 is 0 Å². The lowest BCUT2D eigenvalue weighted by Gasteiger charge is -2.15. The Balaban J connectivity index is 2.08. The van der Waals surface area contributed by atoms with Gasteiger partial charge in [0, 0.05) is 0 Å². The van der Waals surface area contributed by atoms with E-state index in [2.05, 4.69) is 55.5 Å². The Hall–Kier alpha value is -1.30. The Morgan fingerprint density at radius 1 is 1.21 bits per heavy atom. The minimum absolute atomic E-state index is 0.615. The fourth-order valence-corrected chi connectivity index (χ4v) is 1.88. The molecule has 0 nitrogen and oxygen atoms in total. The van der Waals surface area contributed by atoms with Crippen LogP contribution in [0.4, 0.5) is 0 Å². The zero-order valence-corrected chi connectivity index (χ0v) is 8.61. The van der Waals surface area contributed by atoms with Crippen molar-refractivity contribution in [3.8, 4) is 0 Å². The predicted octanol–water partition coefficient (Wildman–Crippen LogP) is 3.75. The van der Waals surface area contributed by atoms with Crippen LogP contribution in [0.5, 0.6) is 0 Å². The second kappa shape index (κ2) is 4.28. The van der Waals surface area contributed by atoms with E-state index in [4.69, 9.17) is 0 Å². The largest absolute Gasteiger partial charge is 0.0841 e. The van der Waals surface area contributed by atoms with Crippen molar-refractivity contribution in [1.29, 1.82) is 0 Å². The van der Waals surface area contributed by atoms with Crippen LogP contribution in [0.1, 0.15) is 18.9 Å². The molecular formula is C14H16. The molecule has 0 N–H and O–H groups in total. The van der Waals surface area contributed by atoms with Crippen LogP contribution in [-0.4, -0.2) is 0 Å². The monoisotopic (exact) mass is 184 g/mol. The number of hydrogen-bond donors (Lipinski definition) is 0. The topological polar surface area (TPSA) is 0 Å². The predicted molar refractivity (Wildman–Crippen MR) is 61.2 cm³/mol. The minimum Gasteiger partial charge on any atom is -0.0841 e. The summed E-state index contributed by atoms with van der Waals surface area (Å²) in [6.45, 7) is 2.27. The molecule has 0 radical (unpaired) electrons. The highest BCUT2D eigenvalue weighted by Gasteiger charge is 2.08. The van der Waals surface area contributed by atoms with E-state index in [1.54, 1.807) is 5.57 Å². The average Bonchev–Trinajstić information content (AvgIpc) is 2.23. The molecule has 0 bridgehead atoms. The minimum atomic E-state index is 0.615. The first-order chi connectivity index (χ1) is 6.86. The normalized spacial score (nSPS) is 20.6. The molecule has 0 aliphatic heterocycles. The summed E-state index contributed by atoms with van der Waals surface area (Å²) in [6.07, 6.45) is 9.12. The maximum Gasteiger partial charge on any atom is -0.00481 e. The third kappa shape index (κ3) is 2.14. The molecule has 0 fully saturated rings. The van der Waals surface area contributed by atoms with Gasteiger partial charge in [-0.05, 0) is 24.3 Å². The van der Waals surface area contributed by atoms with Gasteiger partial charge in [0.25, 0.3) is 0 Å². The molecule has 1 aliphatic carbocycles. The average molecular weight is 184 g/mol. The highest BCUT2D eigenvalue weighted by atomic mass is 14.1. The van der Waals surface area contributed by atoms with E-state index in [9.17, 15) is 0 Å². The summed E-state index contributed by atoms with van der Waals surface area (Å²) < 4.78 is 0. The Bertz CT molecular complexity index is 344. The van der Waals surface area contributed by atoms with Crippen LogP contribution in [0.15, 0.2) is 54.1 Å². The van der Waals surface area contributed by atoms with Gasteiger partial charge >= 0.3 is 0 Å². The van der Waals surface area contributed by atoms with Crippen molar-refractivity contribution in [3.05, 3.63) is 59.7 Å². The molecule has 1 unspecified atom stereocenters. The standard InChI is InChI=1S/C14H16/c1-12-7-5-6-10-14(12)11-13-8-3-2-4-9-13/h2-5,7-10,12H,6,11H2,1H3. The van der Waals surface area contributed by atoms with Gasteiger partial charge in [0.05, 0.1) is 0 Å². The summed E-state index contributed by atoms with van der Waals surface area (Å²) in [5.74, 6) is 0.615. The van der Waals surface area contributed by atoms with Gasteiger partial charge in [-0.3, -0.25) is 0 Å². The molecule has 1 aromatic carbocycles. The number of benzene rings is 1. The van der Waals surface area contributed by atoms with E-state index in [1.165, 1.54) is 5.56 Å². The molecular weight excluding hydrogens is 168 g/mol. The second-order valence-electron chi connectivity index (χ2n) is 3.89. The van der Waals surface area contributed by atoms with Crippen molar-refractivity contribution in [2.75, 3.05) is 0 Å². The van der Waals surface area contributed by atoms with Crippen molar-refractivity contribution >= 4 is 0 Å². The van der Waals surface area contributed by atoms with E-state index in [1.807, 2.05) is 0 Å². The molecule has 0 amide bonds. The molecule has 1 aromatic rings. The maximum absolute atomic E-state index is 2.36. The quantitative estimate of drug-likeness (QED) is 0.614. The number of allylic oxidation sites excluding steroid dienone is 4. The molecule has 0 heterocycles. The lowest BCUT2D eigenvalue weighted by atomic mass is 9.90. The van der Waals surface area contributed by atoms with E-state index in [-0.39, 0.29) is 0 Å². The fourth-order valence-electron chi connectivity index (χ4n) is 1.88. The zero-order chi connectivity index (χ0) is 9.80. The Morgan fingerprint density at radius 2 is 2.00 bits per heavy atom. The van der Waals surface area contributed by atoms with Gasteiger partial charge in [-0.15, -0.1) is 0 Å². The van der Waals surface area contributed by atoms with Crippen LogP contribution < -0.4 is 0 Å². The van der Waals surface area contributed by atoms with E-state index in [0.29, 0.717) is 5.92 Å². The molecule has 14 heavy (non-hydrogen) atoms. The van der Waals surface area contributed by atoms with Crippen molar-refractivity contribution < 1.29 is 0 Å². The van der Waals surface area contributed by atoms with Crippen LogP contribution in [-0.2, 0) is 6.42 Å².